The van der Waals surface area contributed by atoms with Crippen LogP contribution >= 0.6 is 0 Å². The largest absolute Gasteiger partial charge is 0.497 e. The lowest BCUT2D eigenvalue weighted by Gasteiger charge is -2.49. The molecule has 0 radical (unpaired) electrons. The zero-order chi connectivity index (χ0) is 69.9. The summed E-state index contributed by atoms with van der Waals surface area (Å²) in [5.41, 5.74) is -1.04. The predicted octanol–water partition coefficient (Wildman–Crippen LogP) is 11.3. The zero-order valence-corrected chi connectivity index (χ0v) is 54.6. The highest BCUT2D eigenvalue weighted by Gasteiger charge is 2.53. The van der Waals surface area contributed by atoms with E-state index in [9.17, 15) is 45.5 Å². The molecule has 2 fully saturated rings. The molecule has 0 bridgehead atoms. The van der Waals surface area contributed by atoms with Crippen LogP contribution in [0.2, 0.25) is 0 Å². The molecule has 22 nitrogen and oxygen atoms in total. The van der Waals surface area contributed by atoms with Crippen molar-refractivity contribution >= 4 is 35.4 Å². The fourth-order valence-electron chi connectivity index (χ4n) is 10.5. The summed E-state index contributed by atoms with van der Waals surface area (Å²) in [7, 11) is 6.04. The molecule has 28 heteroatoms. The number of carbonyl (C=O) groups excluding carboxylic acids is 4. The third kappa shape index (κ3) is 22.1. The van der Waals surface area contributed by atoms with Gasteiger partial charge in [-0.3, -0.25) is 4.79 Å². The van der Waals surface area contributed by atoms with Gasteiger partial charge in [-0.05, 0) is 134 Å². The number of benzene rings is 6. The molecule has 10 atom stereocenters. The third-order valence-corrected chi connectivity index (χ3v) is 15.4. The highest BCUT2D eigenvalue weighted by atomic mass is 19.4. The number of anilines is 2. The Morgan fingerprint density at radius 3 is 1.39 bits per heavy atom. The lowest BCUT2D eigenvalue weighted by Crippen LogP contribution is -2.71. The maximum atomic E-state index is 15.0. The summed E-state index contributed by atoms with van der Waals surface area (Å²) in [6.45, 7) is 5.10. The molecule has 4 unspecified atom stereocenters. The van der Waals surface area contributed by atoms with Crippen molar-refractivity contribution in [3.05, 3.63) is 179 Å². The van der Waals surface area contributed by atoms with Gasteiger partial charge in [-0.25, -0.2) is 14.4 Å². The van der Waals surface area contributed by atoms with Crippen molar-refractivity contribution in [2.45, 2.75) is 139 Å². The number of halogens is 6. The lowest BCUT2D eigenvalue weighted by atomic mass is 9.93. The van der Waals surface area contributed by atoms with Crippen molar-refractivity contribution in [2.75, 3.05) is 58.9 Å². The number of alkyl halides is 6. The fraction of sp³-hybridized carbons (Fsp3) is 0.420. The van der Waals surface area contributed by atoms with Gasteiger partial charge in [-0.15, -0.1) is 0 Å². The van der Waals surface area contributed by atoms with E-state index in [2.05, 4.69) is 31.9 Å². The molecule has 0 spiro atoms. The SMILES string of the molecule is CC[C@H](NC(=O)OC(C)(C)C)C(=O)N[C@H]1C(COCc2ccc(OC)cc2)OCC(NC(=O)Nc2cccc(C(F)(F)F)c2)[C@H]1O[C@@H]1OC(COCc2ccc(OC)cc2)[C@@H](OCc2ccc(OC)cc2)[C@H](OCc2ccc(OC)cc2)C1NC(=O)Nc1cccc(C(F)(F)F)c1. The van der Waals surface area contributed by atoms with Crippen LogP contribution in [0.5, 0.6) is 23.0 Å². The van der Waals surface area contributed by atoms with Gasteiger partial charge in [0.2, 0.25) is 5.91 Å². The summed E-state index contributed by atoms with van der Waals surface area (Å²) in [6.07, 6.45) is -19.1. The number of ether oxygens (including phenoxy) is 12. The van der Waals surface area contributed by atoms with Crippen LogP contribution in [0.4, 0.5) is 52.1 Å². The smallest absolute Gasteiger partial charge is 0.416 e. The molecule has 8 rings (SSSR count). The van der Waals surface area contributed by atoms with Crippen molar-refractivity contribution < 1.29 is 102 Å². The van der Waals surface area contributed by atoms with Crippen LogP contribution in [0.1, 0.15) is 67.5 Å². The first-order valence-corrected chi connectivity index (χ1v) is 30.9. The second-order valence-corrected chi connectivity index (χ2v) is 23.6. The van der Waals surface area contributed by atoms with E-state index in [1.807, 2.05) is 0 Å². The lowest BCUT2D eigenvalue weighted by molar-refractivity contribution is -0.309. The average molecular weight is 1360 g/mol. The number of methoxy groups -OCH3 is 4. The van der Waals surface area contributed by atoms with E-state index in [-0.39, 0.29) is 57.4 Å². The van der Waals surface area contributed by atoms with E-state index < -0.39 is 121 Å². The van der Waals surface area contributed by atoms with E-state index >= 15 is 0 Å². The van der Waals surface area contributed by atoms with Gasteiger partial charge in [0.25, 0.3) is 0 Å². The van der Waals surface area contributed by atoms with E-state index in [0.29, 0.717) is 45.3 Å². The van der Waals surface area contributed by atoms with Crippen LogP contribution in [0, 0.1) is 0 Å². The van der Waals surface area contributed by atoms with Crippen LogP contribution < -0.4 is 50.8 Å². The van der Waals surface area contributed by atoms with Crippen LogP contribution in [-0.2, 0) is 81.5 Å². The first-order chi connectivity index (χ1) is 46.3. The molecule has 2 aliphatic heterocycles. The topological polar surface area (TPSA) is 251 Å². The molecular formula is C69H80F6N6O16. The molecule has 2 aliphatic rings. The Kier molecular flexibility index (Phi) is 26.2. The van der Waals surface area contributed by atoms with E-state index in [1.165, 1.54) is 40.6 Å². The molecule has 97 heavy (non-hydrogen) atoms. The minimum absolute atomic E-state index is 0.00574. The van der Waals surface area contributed by atoms with Gasteiger partial charge in [0, 0.05) is 11.4 Å². The maximum Gasteiger partial charge on any atom is 0.416 e. The number of hydrogen-bond acceptors (Lipinski definition) is 16. The van der Waals surface area contributed by atoms with Crippen molar-refractivity contribution in [3.8, 4) is 23.0 Å². The first-order valence-electron chi connectivity index (χ1n) is 30.9. The van der Waals surface area contributed by atoms with Crippen LogP contribution in [0.3, 0.4) is 0 Å². The quantitative estimate of drug-likeness (QED) is 0.0250. The molecule has 6 aromatic rings. The number of rotatable bonds is 28. The molecular weight excluding hydrogens is 1280 g/mol. The Hall–Kier alpha value is -8.90. The van der Waals surface area contributed by atoms with Crippen LogP contribution in [-0.4, -0.2) is 139 Å². The number of urea groups is 2. The zero-order valence-electron chi connectivity index (χ0n) is 54.6. The maximum absolute atomic E-state index is 15.0. The first kappa shape index (κ1) is 73.9. The number of amides is 6. The summed E-state index contributed by atoms with van der Waals surface area (Å²) in [6, 6.07) is 27.6. The summed E-state index contributed by atoms with van der Waals surface area (Å²) in [4.78, 5) is 57.5. The number of hydrogen-bond donors (Lipinski definition) is 6. The van der Waals surface area contributed by atoms with Gasteiger partial charge >= 0.3 is 30.5 Å². The van der Waals surface area contributed by atoms with Gasteiger partial charge in [-0.2, -0.15) is 26.3 Å². The second kappa shape index (κ2) is 34.4. The molecule has 2 saturated heterocycles. The van der Waals surface area contributed by atoms with Gasteiger partial charge in [0.15, 0.2) is 6.29 Å². The molecule has 524 valence electrons. The highest BCUT2D eigenvalue weighted by Crippen LogP contribution is 2.36. The van der Waals surface area contributed by atoms with E-state index in [4.69, 9.17) is 56.8 Å². The summed E-state index contributed by atoms with van der Waals surface area (Å²) >= 11 is 0. The number of alkyl carbamates (subject to hydrolysis) is 1. The molecule has 0 aliphatic carbocycles. The van der Waals surface area contributed by atoms with Gasteiger partial charge in [-0.1, -0.05) is 67.6 Å². The van der Waals surface area contributed by atoms with Gasteiger partial charge < -0.3 is 88.7 Å². The Morgan fingerprint density at radius 2 is 0.959 bits per heavy atom. The van der Waals surface area contributed by atoms with Crippen molar-refractivity contribution in [2.24, 2.45) is 0 Å². The Morgan fingerprint density at radius 1 is 0.526 bits per heavy atom. The Bertz CT molecular complexity index is 3490. The average Bonchev–Trinajstić information content (AvgIpc) is 0.774. The minimum atomic E-state index is -4.81. The van der Waals surface area contributed by atoms with Gasteiger partial charge in [0.05, 0.1) is 97.9 Å². The standard InChI is InChI=1S/C69H80F6N6O16/c1-9-53(79-66(85)97-67(2,3)4)62(82)80-57-55(39-90-34-41-16-24-49(86-5)25-17-41)92-38-54(78-64(83)76-47-14-10-12-45(32-47)68(70,71)72)59(57)96-63-58(81-65(84)77-48-15-11-13-46(33-48)69(73,74)75)61(94-37-44-22-30-52(89-8)31-23-44)60(93-36-43-20-28-51(88-7)29-21-43)56(95-63)40-91-35-42-18-26-50(87-6)27-19-42/h10-33,53-61,63H,9,34-40H2,1-8H3,(H,79,85)(H,80,82)(H2,76,78,83)(H2,77,81,84)/t53-,54?,55?,56?,57-,58?,59+,60+,61+,63-/m0/s1. The van der Waals surface area contributed by atoms with E-state index in [1.54, 1.807) is 125 Å². The Labute approximate surface area is 557 Å². The number of carbonyl (C=O) groups is 4. The summed E-state index contributed by atoms with van der Waals surface area (Å²) < 4.78 is 159. The fourth-order valence-corrected chi connectivity index (χ4v) is 10.5. The normalized spacial score (nSPS) is 20.7. The van der Waals surface area contributed by atoms with Gasteiger partial charge in [0.1, 0.15) is 71.2 Å². The van der Waals surface area contributed by atoms with Crippen molar-refractivity contribution in [1.29, 1.82) is 0 Å². The predicted molar refractivity (Wildman–Crippen MR) is 342 cm³/mol. The molecule has 6 aromatic carbocycles. The summed E-state index contributed by atoms with van der Waals surface area (Å²) in [5, 5.41) is 16.1. The molecule has 2 heterocycles. The summed E-state index contributed by atoms with van der Waals surface area (Å²) in [5.74, 6) is 1.40. The molecule has 0 aromatic heterocycles. The second-order valence-electron chi connectivity index (χ2n) is 23.6. The minimum Gasteiger partial charge on any atom is -0.497 e. The van der Waals surface area contributed by atoms with Crippen molar-refractivity contribution in [1.82, 2.24) is 21.3 Å². The Balaban J connectivity index is 1.27. The van der Waals surface area contributed by atoms with E-state index in [0.717, 1.165) is 36.4 Å². The monoisotopic (exact) mass is 1360 g/mol. The van der Waals surface area contributed by atoms with Crippen LogP contribution in [0.25, 0.3) is 0 Å². The number of nitrogens with one attached hydrogen (secondary N) is 6. The molecule has 0 saturated carbocycles. The van der Waals surface area contributed by atoms with Crippen LogP contribution in [0.15, 0.2) is 146 Å². The third-order valence-electron chi connectivity index (χ3n) is 15.4. The molecule has 6 amide bonds. The highest BCUT2D eigenvalue weighted by molar-refractivity contribution is 5.90. The van der Waals surface area contributed by atoms with Crippen molar-refractivity contribution in [3.63, 3.8) is 0 Å². The molecule has 6 N–H and O–H groups in total.